The zero-order chi connectivity index (χ0) is 38.1. The van der Waals surface area contributed by atoms with Crippen molar-refractivity contribution in [1.29, 1.82) is 0 Å². The maximum Gasteiger partial charge on any atom is 0.220 e. The third-order valence-electron chi connectivity index (χ3n) is 11.0. The molecule has 0 aromatic rings. The zero-order valence-electron chi connectivity index (χ0n) is 33.8. The number of aliphatic hydroxyl groups excluding tert-OH is 5. The van der Waals surface area contributed by atoms with Gasteiger partial charge in [0.1, 0.15) is 24.4 Å². The van der Waals surface area contributed by atoms with E-state index in [-0.39, 0.29) is 12.5 Å². The molecule has 0 radical (unpaired) electrons. The summed E-state index contributed by atoms with van der Waals surface area (Å²) >= 11 is 0. The first-order valence-electron chi connectivity index (χ1n) is 22.2. The molecule has 0 spiro atoms. The van der Waals surface area contributed by atoms with Crippen molar-refractivity contribution in [2.45, 2.75) is 256 Å². The minimum atomic E-state index is -1.55. The van der Waals surface area contributed by atoms with Crippen LogP contribution in [0.25, 0.3) is 0 Å². The Labute approximate surface area is 319 Å². The summed E-state index contributed by atoms with van der Waals surface area (Å²) in [6, 6.07) is -0.710. The van der Waals surface area contributed by atoms with E-state index in [2.05, 4.69) is 19.2 Å². The summed E-state index contributed by atoms with van der Waals surface area (Å²) in [7, 11) is 0. The van der Waals surface area contributed by atoms with E-state index in [0.717, 1.165) is 38.5 Å². The third-order valence-corrected chi connectivity index (χ3v) is 11.0. The summed E-state index contributed by atoms with van der Waals surface area (Å²) in [4.78, 5) is 12.9. The molecule has 2 unspecified atom stereocenters. The van der Waals surface area contributed by atoms with Gasteiger partial charge in [0.15, 0.2) is 6.29 Å². The van der Waals surface area contributed by atoms with Crippen LogP contribution in [0.1, 0.15) is 213 Å². The second kappa shape index (κ2) is 34.7. The summed E-state index contributed by atoms with van der Waals surface area (Å²) < 4.78 is 11.2. The van der Waals surface area contributed by atoms with Gasteiger partial charge in [-0.25, -0.2) is 0 Å². The van der Waals surface area contributed by atoms with Gasteiger partial charge >= 0.3 is 0 Å². The fourth-order valence-corrected chi connectivity index (χ4v) is 7.34. The Bertz CT molecular complexity index is 786. The van der Waals surface area contributed by atoms with E-state index in [1.807, 2.05) is 0 Å². The standard InChI is InChI=1S/C43H85NO8/c1-3-5-7-9-11-13-15-16-17-18-19-20-21-23-25-27-29-31-33-39(47)44-36(35-51-43-42(50)41(49)40(48)38(34-45)52-43)37(46)32-30-28-26-24-22-14-12-10-8-6-4-2/h36-38,40-43,45-46,48-50H,3-35H2,1-2H3,(H,44,47)/t36-,37+,38+,40+,41?,42?,43+/m0/s1. The summed E-state index contributed by atoms with van der Waals surface area (Å²) in [6.07, 6.45) is 29.7. The van der Waals surface area contributed by atoms with Gasteiger partial charge in [0, 0.05) is 6.42 Å². The van der Waals surface area contributed by atoms with Crippen LogP contribution >= 0.6 is 0 Å². The molecule has 1 rings (SSSR count). The third kappa shape index (κ3) is 25.3. The predicted octanol–water partition coefficient (Wildman–Crippen LogP) is 8.78. The number of carbonyl (C=O) groups is 1. The fraction of sp³-hybridized carbons (Fsp3) is 0.977. The number of hydrogen-bond acceptors (Lipinski definition) is 8. The van der Waals surface area contributed by atoms with Crippen LogP contribution < -0.4 is 5.32 Å². The Hall–Kier alpha value is -0.810. The average molecular weight is 744 g/mol. The molecule has 0 saturated carbocycles. The van der Waals surface area contributed by atoms with Crippen molar-refractivity contribution in [1.82, 2.24) is 5.32 Å². The Balaban J connectivity index is 2.30. The van der Waals surface area contributed by atoms with Gasteiger partial charge in [-0.3, -0.25) is 4.79 Å². The van der Waals surface area contributed by atoms with Crippen molar-refractivity contribution < 1.29 is 39.8 Å². The number of nitrogens with one attached hydrogen (secondary N) is 1. The average Bonchev–Trinajstić information content (AvgIpc) is 3.14. The summed E-state index contributed by atoms with van der Waals surface area (Å²) in [5, 5.41) is 54.2. The van der Waals surface area contributed by atoms with E-state index in [4.69, 9.17) is 9.47 Å². The molecule has 52 heavy (non-hydrogen) atoms. The van der Waals surface area contributed by atoms with Crippen LogP contribution in [0.15, 0.2) is 0 Å². The van der Waals surface area contributed by atoms with Gasteiger partial charge in [-0.2, -0.15) is 0 Å². The monoisotopic (exact) mass is 744 g/mol. The highest BCUT2D eigenvalue weighted by molar-refractivity contribution is 5.76. The molecule has 7 atom stereocenters. The van der Waals surface area contributed by atoms with Gasteiger partial charge in [-0.1, -0.05) is 194 Å². The first-order valence-corrected chi connectivity index (χ1v) is 22.2. The molecule has 0 aromatic heterocycles. The summed E-state index contributed by atoms with van der Waals surface area (Å²) in [5.74, 6) is -0.142. The van der Waals surface area contributed by atoms with Crippen LogP contribution in [0.4, 0.5) is 0 Å². The molecular formula is C43H85NO8. The largest absolute Gasteiger partial charge is 0.394 e. The summed E-state index contributed by atoms with van der Waals surface area (Å²) in [5.41, 5.74) is 0. The van der Waals surface area contributed by atoms with Crippen LogP contribution in [0.5, 0.6) is 0 Å². The van der Waals surface area contributed by atoms with Crippen LogP contribution in [-0.4, -0.2) is 87.5 Å². The molecule has 1 saturated heterocycles. The molecule has 1 heterocycles. The highest BCUT2D eigenvalue weighted by Crippen LogP contribution is 2.23. The Morgan fingerprint density at radius 3 is 1.37 bits per heavy atom. The molecule has 1 aliphatic rings. The van der Waals surface area contributed by atoms with E-state index < -0.39 is 49.5 Å². The minimum Gasteiger partial charge on any atom is -0.394 e. The first kappa shape index (κ1) is 49.2. The Kier molecular flexibility index (Phi) is 32.8. The van der Waals surface area contributed by atoms with Crippen LogP contribution in [0, 0.1) is 0 Å². The van der Waals surface area contributed by atoms with Crippen molar-refractivity contribution in [2.24, 2.45) is 0 Å². The molecule has 0 aromatic carbocycles. The van der Waals surface area contributed by atoms with Crippen molar-refractivity contribution in [3.63, 3.8) is 0 Å². The molecule has 1 fully saturated rings. The van der Waals surface area contributed by atoms with Crippen molar-refractivity contribution >= 4 is 5.91 Å². The van der Waals surface area contributed by atoms with E-state index in [0.29, 0.717) is 12.8 Å². The predicted molar refractivity (Wildman–Crippen MR) is 212 cm³/mol. The van der Waals surface area contributed by atoms with E-state index in [1.165, 1.54) is 148 Å². The molecule has 9 nitrogen and oxygen atoms in total. The SMILES string of the molecule is CCCCCCCCCCCCCCCCCCCCC(=O)N[C@@H](CO[C@@H]1O[C@H](CO)[C@@H](O)C(O)C1O)[C@H](O)CCCCCCCCCCCCC. The molecule has 6 N–H and O–H groups in total. The summed E-state index contributed by atoms with van der Waals surface area (Å²) in [6.45, 7) is 3.83. The Morgan fingerprint density at radius 1 is 0.577 bits per heavy atom. The number of amides is 1. The van der Waals surface area contributed by atoms with Gasteiger partial charge in [-0.05, 0) is 12.8 Å². The molecule has 0 bridgehead atoms. The van der Waals surface area contributed by atoms with Crippen molar-refractivity contribution in [2.75, 3.05) is 13.2 Å². The number of hydrogen-bond donors (Lipinski definition) is 6. The zero-order valence-corrected chi connectivity index (χ0v) is 33.8. The lowest BCUT2D eigenvalue weighted by molar-refractivity contribution is -0.302. The van der Waals surface area contributed by atoms with Crippen LogP contribution in [0.2, 0.25) is 0 Å². The lowest BCUT2D eigenvalue weighted by atomic mass is 9.99. The fourth-order valence-electron chi connectivity index (χ4n) is 7.34. The molecule has 310 valence electrons. The maximum atomic E-state index is 12.9. The van der Waals surface area contributed by atoms with E-state index in [9.17, 15) is 30.3 Å². The second-order valence-electron chi connectivity index (χ2n) is 15.9. The maximum absolute atomic E-state index is 12.9. The molecule has 0 aliphatic carbocycles. The lowest BCUT2D eigenvalue weighted by Crippen LogP contribution is -2.60. The first-order chi connectivity index (χ1) is 25.3. The number of aliphatic hydroxyl groups is 5. The van der Waals surface area contributed by atoms with Gasteiger partial charge < -0.3 is 40.3 Å². The van der Waals surface area contributed by atoms with Gasteiger partial charge in [0.05, 0.1) is 25.4 Å². The van der Waals surface area contributed by atoms with Gasteiger partial charge in [-0.15, -0.1) is 0 Å². The lowest BCUT2D eigenvalue weighted by Gasteiger charge is -2.40. The highest BCUT2D eigenvalue weighted by Gasteiger charge is 2.44. The molecule has 1 aliphatic heterocycles. The second-order valence-corrected chi connectivity index (χ2v) is 15.9. The van der Waals surface area contributed by atoms with Crippen molar-refractivity contribution in [3.8, 4) is 0 Å². The van der Waals surface area contributed by atoms with Gasteiger partial charge in [0.2, 0.25) is 5.91 Å². The normalized spacial score (nSPS) is 21.7. The molecule has 9 heteroatoms. The number of rotatable bonds is 37. The minimum absolute atomic E-state index is 0.132. The quantitative estimate of drug-likeness (QED) is 0.0346. The van der Waals surface area contributed by atoms with Gasteiger partial charge in [0.25, 0.3) is 0 Å². The molecular weight excluding hydrogens is 658 g/mol. The van der Waals surface area contributed by atoms with Crippen LogP contribution in [0.3, 0.4) is 0 Å². The number of carbonyl (C=O) groups excluding carboxylic acids is 1. The van der Waals surface area contributed by atoms with E-state index in [1.54, 1.807) is 0 Å². The van der Waals surface area contributed by atoms with E-state index >= 15 is 0 Å². The number of ether oxygens (including phenoxy) is 2. The van der Waals surface area contributed by atoms with Crippen molar-refractivity contribution in [3.05, 3.63) is 0 Å². The smallest absolute Gasteiger partial charge is 0.220 e. The Morgan fingerprint density at radius 2 is 0.962 bits per heavy atom. The molecule has 1 amide bonds. The van der Waals surface area contributed by atoms with Crippen LogP contribution in [-0.2, 0) is 14.3 Å². The number of unbranched alkanes of at least 4 members (excludes halogenated alkanes) is 27. The highest BCUT2D eigenvalue weighted by atomic mass is 16.7. The topological polar surface area (TPSA) is 149 Å².